The summed E-state index contributed by atoms with van der Waals surface area (Å²) in [5.41, 5.74) is 0. The van der Waals surface area contributed by atoms with Gasteiger partial charge in [-0.05, 0) is 30.6 Å². The van der Waals surface area contributed by atoms with E-state index in [-0.39, 0.29) is 6.03 Å². The van der Waals surface area contributed by atoms with E-state index < -0.39 is 0 Å². The third-order valence-corrected chi connectivity index (χ3v) is 4.24. The molecule has 0 aromatic heterocycles. The summed E-state index contributed by atoms with van der Waals surface area (Å²) in [6, 6.07) is 0.597. The highest BCUT2D eigenvalue weighted by atomic mass is 16.2. The van der Waals surface area contributed by atoms with Crippen LogP contribution in [0.25, 0.3) is 0 Å². The summed E-state index contributed by atoms with van der Waals surface area (Å²) in [5, 5.41) is 6.55. The molecule has 0 aliphatic heterocycles. The molecule has 0 radical (unpaired) electrons. The highest BCUT2D eigenvalue weighted by Crippen LogP contribution is 2.33. The maximum absolute atomic E-state index is 11.4. The van der Waals surface area contributed by atoms with E-state index in [4.69, 9.17) is 0 Å². The summed E-state index contributed by atoms with van der Waals surface area (Å²) in [5.74, 6) is 2.34. The van der Waals surface area contributed by atoms with Gasteiger partial charge >= 0.3 is 6.03 Å². The number of carbonyl (C=O) groups excluding carboxylic acids is 1. The fourth-order valence-electron chi connectivity index (χ4n) is 3.02. The monoisotopic (exact) mass is 269 g/mol. The Kier molecular flexibility index (Phi) is 6.63. The second kappa shape index (κ2) is 7.73. The van der Waals surface area contributed by atoms with Crippen molar-refractivity contribution in [1.29, 1.82) is 0 Å². The first kappa shape index (κ1) is 16.3. The van der Waals surface area contributed by atoms with Crippen LogP contribution in [0.2, 0.25) is 0 Å². The molecule has 2 amide bonds. The van der Waals surface area contributed by atoms with Crippen LogP contribution >= 0.6 is 0 Å². The molecule has 0 saturated heterocycles. The third kappa shape index (κ3) is 5.39. The zero-order chi connectivity index (χ0) is 14.4. The van der Waals surface area contributed by atoms with Gasteiger partial charge in [-0.1, -0.05) is 27.2 Å². The molecule has 1 aliphatic rings. The SMILES string of the molecule is CC1CCC(C(C)C)C(NCCNC(=O)N(C)C)C1. The minimum atomic E-state index is -0.0146. The predicted octanol–water partition coefficient (Wildman–Crippen LogP) is 2.31. The summed E-state index contributed by atoms with van der Waals surface area (Å²) < 4.78 is 0. The minimum absolute atomic E-state index is 0.0146. The summed E-state index contributed by atoms with van der Waals surface area (Å²) in [4.78, 5) is 13.0. The van der Waals surface area contributed by atoms with Gasteiger partial charge in [-0.25, -0.2) is 4.79 Å². The van der Waals surface area contributed by atoms with Gasteiger partial charge in [0.25, 0.3) is 0 Å². The zero-order valence-corrected chi connectivity index (χ0v) is 13.2. The lowest BCUT2D eigenvalue weighted by Gasteiger charge is -2.38. The Morgan fingerprint density at radius 2 is 1.95 bits per heavy atom. The van der Waals surface area contributed by atoms with Crippen LogP contribution in [0.15, 0.2) is 0 Å². The Morgan fingerprint density at radius 1 is 1.26 bits per heavy atom. The van der Waals surface area contributed by atoms with Crippen molar-refractivity contribution in [1.82, 2.24) is 15.5 Å². The molecule has 0 heterocycles. The first-order valence-corrected chi connectivity index (χ1v) is 7.60. The van der Waals surface area contributed by atoms with Gasteiger partial charge in [0, 0.05) is 33.2 Å². The number of amides is 2. The van der Waals surface area contributed by atoms with E-state index in [0.717, 1.165) is 24.3 Å². The smallest absolute Gasteiger partial charge is 0.316 e. The van der Waals surface area contributed by atoms with Crippen LogP contribution in [-0.2, 0) is 0 Å². The molecule has 1 aliphatic carbocycles. The normalized spacial score (nSPS) is 27.4. The maximum atomic E-state index is 11.4. The van der Waals surface area contributed by atoms with Crippen LogP contribution in [0.3, 0.4) is 0 Å². The number of urea groups is 1. The van der Waals surface area contributed by atoms with Gasteiger partial charge in [0.15, 0.2) is 0 Å². The summed E-state index contributed by atoms with van der Waals surface area (Å²) in [7, 11) is 3.53. The number of hydrogen-bond donors (Lipinski definition) is 2. The van der Waals surface area contributed by atoms with Gasteiger partial charge in [-0.2, -0.15) is 0 Å². The molecule has 4 heteroatoms. The molecule has 2 N–H and O–H groups in total. The molecule has 1 saturated carbocycles. The Labute approximate surface area is 118 Å². The third-order valence-electron chi connectivity index (χ3n) is 4.24. The molecule has 1 fully saturated rings. The van der Waals surface area contributed by atoms with Gasteiger partial charge in [-0.15, -0.1) is 0 Å². The first-order chi connectivity index (χ1) is 8.91. The highest BCUT2D eigenvalue weighted by Gasteiger charge is 2.29. The summed E-state index contributed by atoms with van der Waals surface area (Å²) >= 11 is 0. The molecule has 4 nitrogen and oxygen atoms in total. The molecule has 0 bridgehead atoms. The molecule has 0 aromatic rings. The van der Waals surface area contributed by atoms with Crippen molar-refractivity contribution in [2.75, 3.05) is 27.2 Å². The number of nitrogens with one attached hydrogen (secondary N) is 2. The zero-order valence-electron chi connectivity index (χ0n) is 13.2. The number of hydrogen-bond acceptors (Lipinski definition) is 2. The van der Waals surface area contributed by atoms with Crippen molar-refractivity contribution in [2.45, 2.75) is 46.1 Å². The molecular formula is C15H31N3O. The molecular weight excluding hydrogens is 238 g/mol. The number of rotatable bonds is 5. The van der Waals surface area contributed by atoms with Crippen LogP contribution in [-0.4, -0.2) is 44.2 Å². The topological polar surface area (TPSA) is 44.4 Å². The molecule has 112 valence electrons. The van der Waals surface area contributed by atoms with Crippen molar-refractivity contribution in [3.63, 3.8) is 0 Å². The average Bonchev–Trinajstić information content (AvgIpc) is 2.33. The fraction of sp³-hybridized carbons (Fsp3) is 0.933. The molecule has 19 heavy (non-hydrogen) atoms. The van der Waals surface area contributed by atoms with Crippen molar-refractivity contribution in [2.24, 2.45) is 17.8 Å². The molecule has 0 spiro atoms. The summed E-state index contributed by atoms with van der Waals surface area (Å²) in [6.07, 6.45) is 3.96. The Morgan fingerprint density at radius 3 is 2.53 bits per heavy atom. The molecule has 1 rings (SSSR count). The minimum Gasteiger partial charge on any atom is -0.337 e. The van der Waals surface area contributed by atoms with Crippen molar-refractivity contribution in [3.8, 4) is 0 Å². The van der Waals surface area contributed by atoms with Crippen LogP contribution in [0, 0.1) is 17.8 Å². The summed E-state index contributed by atoms with van der Waals surface area (Å²) in [6.45, 7) is 8.55. The largest absolute Gasteiger partial charge is 0.337 e. The lowest BCUT2D eigenvalue weighted by atomic mass is 9.74. The van der Waals surface area contributed by atoms with E-state index in [0.29, 0.717) is 12.6 Å². The lowest BCUT2D eigenvalue weighted by molar-refractivity contribution is 0.170. The van der Waals surface area contributed by atoms with E-state index in [2.05, 4.69) is 31.4 Å². The van der Waals surface area contributed by atoms with Gasteiger partial charge in [-0.3, -0.25) is 0 Å². The van der Waals surface area contributed by atoms with Gasteiger partial charge < -0.3 is 15.5 Å². The van der Waals surface area contributed by atoms with Gasteiger partial charge in [0.2, 0.25) is 0 Å². The van der Waals surface area contributed by atoms with Gasteiger partial charge in [0.05, 0.1) is 0 Å². The highest BCUT2D eigenvalue weighted by molar-refractivity contribution is 5.73. The number of carbonyl (C=O) groups is 1. The van der Waals surface area contributed by atoms with E-state index >= 15 is 0 Å². The molecule has 3 unspecified atom stereocenters. The average molecular weight is 269 g/mol. The van der Waals surface area contributed by atoms with E-state index in [1.165, 1.54) is 19.3 Å². The van der Waals surface area contributed by atoms with E-state index in [9.17, 15) is 4.79 Å². The van der Waals surface area contributed by atoms with Crippen molar-refractivity contribution >= 4 is 6.03 Å². The van der Waals surface area contributed by atoms with Crippen LogP contribution in [0.5, 0.6) is 0 Å². The van der Waals surface area contributed by atoms with Gasteiger partial charge in [0.1, 0.15) is 0 Å². The van der Waals surface area contributed by atoms with Crippen LogP contribution in [0.1, 0.15) is 40.0 Å². The Bertz CT molecular complexity index is 279. The second-order valence-corrected chi connectivity index (χ2v) is 6.51. The quantitative estimate of drug-likeness (QED) is 0.752. The maximum Gasteiger partial charge on any atom is 0.316 e. The molecule has 3 atom stereocenters. The van der Waals surface area contributed by atoms with Crippen LogP contribution in [0.4, 0.5) is 4.79 Å². The Hall–Kier alpha value is -0.770. The predicted molar refractivity (Wildman–Crippen MR) is 80.2 cm³/mol. The fourth-order valence-corrected chi connectivity index (χ4v) is 3.02. The second-order valence-electron chi connectivity index (χ2n) is 6.51. The molecule has 0 aromatic carbocycles. The van der Waals surface area contributed by atoms with Crippen molar-refractivity contribution in [3.05, 3.63) is 0 Å². The van der Waals surface area contributed by atoms with Crippen LogP contribution < -0.4 is 10.6 Å². The van der Waals surface area contributed by atoms with E-state index in [1.54, 1.807) is 19.0 Å². The Balaban J connectivity index is 2.30. The number of nitrogens with zero attached hydrogens (tertiary/aromatic N) is 1. The first-order valence-electron chi connectivity index (χ1n) is 7.60. The standard InChI is InChI=1S/C15H31N3O/c1-11(2)13-7-6-12(3)10-14(13)16-8-9-17-15(19)18(4)5/h11-14,16H,6-10H2,1-5H3,(H,17,19). The van der Waals surface area contributed by atoms with Crippen molar-refractivity contribution < 1.29 is 4.79 Å². The lowest BCUT2D eigenvalue weighted by Crippen LogP contribution is -2.46. The van der Waals surface area contributed by atoms with E-state index in [1.807, 2.05) is 0 Å².